The van der Waals surface area contributed by atoms with Gasteiger partial charge in [0.05, 0.1) is 13.2 Å². The molecule has 0 aliphatic carbocycles. The summed E-state index contributed by atoms with van der Waals surface area (Å²) >= 11 is 0. The zero-order valence-electron chi connectivity index (χ0n) is 9.01. The highest BCUT2D eigenvalue weighted by Gasteiger charge is 2.20. The number of rotatable bonds is 4. The number of carbonyl (C=O) groups is 1. The lowest BCUT2D eigenvalue weighted by molar-refractivity contribution is 0.00375. The SMILES string of the molecule is CC(O)(CO)CNC(=O)Oc1ccccc1. The van der Waals surface area contributed by atoms with Crippen LogP contribution in [0.1, 0.15) is 6.92 Å². The van der Waals surface area contributed by atoms with E-state index in [1.54, 1.807) is 30.3 Å². The Morgan fingerprint density at radius 2 is 2.06 bits per heavy atom. The molecule has 0 bridgehead atoms. The van der Waals surface area contributed by atoms with Crippen molar-refractivity contribution in [3.63, 3.8) is 0 Å². The molecule has 0 fully saturated rings. The molecular weight excluding hydrogens is 210 g/mol. The van der Waals surface area contributed by atoms with E-state index < -0.39 is 18.3 Å². The maximum Gasteiger partial charge on any atom is 0.412 e. The van der Waals surface area contributed by atoms with Crippen molar-refractivity contribution >= 4 is 6.09 Å². The van der Waals surface area contributed by atoms with Gasteiger partial charge in [0, 0.05) is 0 Å². The van der Waals surface area contributed by atoms with E-state index >= 15 is 0 Å². The lowest BCUT2D eigenvalue weighted by Gasteiger charge is -2.20. The molecule has 88 valence electrons. The standard InChI is InChI=1S/C11H15NO4/c1-11(15,8-13)7-12-10(14)16-9-5-3-2-4-6-9/h2-6,13,15H,7-8H2,1H3,(H,12,14). The number of benzene rings is 1. The maximum absolute atomic E-state index is 11.2. The van der Waals surface area contributed by atoms with Gasteiger partial charge in [-0.1, -0.05) is 18.2 Å². The number of hydrogen-bond donors (Lipinski definition) is 3. The van der Waals surface area contributed by atoms with Crippen LogP contribution >= 0.6 is 0 Å². The van der Waals surface area contributed by atoms with E-state index in [9.17, 15) is 9.90 Å². The van der Waals surface area contributed by atoms with E-state index in [0.717, 1.165) is 0 Å². The Morgan fingerprint density at radius 1 is 1.44 bits per heavy atom. The fraction of sp³-hybridized carbons (Fsp3) is 0.364. The van der Waals surface area contributed by atoms with Crippen LogP contribution in [0.25, 0.3) is 0 Å². The predicted octanol–water partition coefficient (Wildman–Crippen LogP) is 0.518. The Hall–Kier alpha value is -1.59. The fourth-order valence-electron chi connectivity index (χ4n) is 0.950. The number of aliphatic hydroxyl groups is 2. The number of ether oxygens (including phenoxy) is 1. The Morgan fingerprint density at radius 3 is 2.62 bits per heavy atom. The van der Waals surface area contributed by atoms with E-state index in [1.807, 2.05) is 0 Å². The third-order valence-corrected chi connectivity index (χ3v) is 1.91. The summed E-state index contributed by atoms with van der Waals surface area (Å²) in [6.07, 6.45) is -0.667. The summed E-state index contributed by atoms with van der Waals surface area (Å²) < 4.78 is 4.91. The Labute approximate surface area is 93.7 Å². The number of amides is 1. The van der Waals surface area contributed by atoms with Gasteiger partial charge in [-0.2, -0.15) is 0 Å². The highest BCUT2D eigenvalue weighted by molar-refractivity contribution is 5.70. The van der Waals surface area contributed by atoms with Gasteiger partial charge < -0.3 is 20.3 Å². The lowest BCUT2D eigenvalue weighted by Crippen LogP contribution is -2.44. The molecule has 3 N–H and O–H groups in total. The molecule has 1 aromatic rings. The molecule has 1 aromatic carbocycles. The topological polar surface area (TPSA) is 78.8 Å². The Balaban J connectivity index is 2.38. The van der Waals surface area contributed by atoms with Gasteiger partial charge in [0.1, 0.15) is 11.4 Å². The van der Waals surface area contributed by atoms with Crippen molar-refractivity contribution in [1.82, 2.24) is 5.32 Å². The summed E-state index contributed by atoms with van der Waals surface area (Å²) in [4.78, 5) is 11.2. The highest BCUT2D eigenvalue weighted by Crippen LogP contribution is 2.08. The van der Waals surface area contributed by atoms with E-state index in [2.05, 4.69) is 5.32 Å². The van der Waals surface area contributed by atoms with Crippen molar-refractivity contribution < 1.29 is 19.7 Å². The summed E-state index contributed by atoms with van der Waals surface area (Å²) in [6.45, 7) is 0.906. The van der Waals surface area contributed by atoms with Gasteiger partial charge in [0.2, 0.25) is 0 Å². The smallest absolute Gasteiger partial charge is 0.410 e. The van der Waals surface area contributed by atoms with Gasteiger partial charge >= 0.3 is 6.09 Å². The van der Waals surface area contributed by atoms with Crippen LogP contribution in [0.15, 0.2) is 30.3 Å². The maximum atomic E-state index is 11.2. The number of para-hydroxylation sites is 1. The molecule has 1 amide bonds. The molecule has 0 aromatic heterocycles. The van der Waals surface area contributed by atoms with Crippen molar-refractivity contribution in [3.8, 4) is 5.75 Å². The van der Waals surface area contributed by atoms with Crippen LogP contribution < -0.4 is 10.1 Å². The van der Waals surface area contributed by atoms with E-state index in [0.29, 0.717) is 5.75 Å². The highest BCUT2D eigenvalue weighted by atomic mass is 16.6. The molecule has 16 heavy (non-hydrogen) atoms. The fourth-order valence-corrected chi connectivity index (χ4v) is 0.950. The van der Waals surface area contributed by atoms with Crippen molar-refractivity contribution in [2.75, 3.05) is 13.2 Å². The summed E-state index contributed by atoms with van der Waals surface area (Å²) in [6, 6.07) is 8.58. The lowest BCUT2D eigenvalue weighted by atomic mass is 10.1. The number of nitrogens with one attached hydrogen (secondary N) is 1. The minimum Gasteiger partial charge on any atom is -0.410 e. The minimum absolute atomic E-state index is 0.0742. The van der Waals surface area contributed by atoms with E-state index in [-0.39, 0.29) is 6.54 Å². The molecule has 5 nitrogen and oxygen atoms in total. The third kappa shape index (κ3) is 4.29. The Kier molecular flexibility index (Phi) is 4.28. The minimum atomic E-state index is -1.34. The number of carbonyl (C=O) groups excluding carboxylic acids is 1. The van der Waals surface area contributed by atoms with Gasteiger partial charge in [-0.25, -0.2) is 4.79 Å². The van der Waals surface area contributed by atoms with Crippen LogP contribution in [-0.4, -0.2) is 35.1 Å². The molecular formula is C11H15NO4. The largest absolute Gasteiger partial charge is 0.412 e. The molecule has 1 atom stereocenters. The van der Waals surface area contributed by atoms with Crippen LogP contribution in [0, 0.1) is 0 Å². The Bertz CT molecular complexity index is 337. The van der Waals surface area contributed by atoms with Gasteiger partial charge in [-0.05, 0) is 19.1 Å². The molecule has 0 saturated carbocycles. The zero-order chi connectivity index (χ0) is 12.0. The number of hydrogen-bond acceptors (Lipinski definition) is 4. The molecule has 1 rings (SSSR count). The predicted molar refractivity (Wildman–Crippen MR) is 58.2 cm³/mol. The first-order chi connectivity index (χ1) is 7.53. The summed E-state index contributed by atoms with van der Waals surface area (Å²) in [7, 11) is 0. The monoisotopic (exact) mass is 225 g/mol. The summed E-state index contributed by atoms with van der Waals surface area (Å²) in [5.41, 5.74) is -1.34. The van der Waals surface area contributed by atoms with Crippen molar-refractivity contribution in [2.24, 2.45) is 0 Å². The molecule has 5 heteroatoms. The summed E-state index contributed by atoms with van der Waals surface area (Å²) in [5, 5.41) is 20.5. The van der Waals surface area contributed by atoms with Crippen LogP contribution in [0.4, 0.5) is 4.79 Å². The molecule has 0 aliphatic rings. The molecule has 1 unspecified atom stereocenters. The van der Waals surface area contributed by atoms with Gasteiger partial charge in [-0.3, -0.25) is 0 Å². The van der Waals surface area contributed by atoms with E-state index in [4.69, 9.17) is 9.84 Å². The quantitative estimate of drug-likeness (QED) is 0.698. The molecule has 0 saturated heterocycles. The van der Waals surface area contributed by atoms with Crippen molar-refractivity contribution in [3.05, 3.63) is 30.3 Å². The molecule has 0 radical (unpaired) electrons. The molecule has 0 heterocycles. The average molecular weight is 225 g/mol. The van der Waals surface area contributed by atoms with Crippen LogP contribution in [0.2, 0.25) is 0 Å². The van der Waals surface area contributed by atoms with Gasteiger partial charge in [0.15, 0.2) is 0 Å². The van der Waals surface area contributed by atoms with Crippen LogP contribution in [0.5, 0.6) is 5.75 Å². The summed E-state index contributed by atoms with van der Waals surface area (Å²) in [5.74, 6) is 0.420. The molecule has 0 aliphatic heterocycles. The second kappa shape index (κ2) is 5.48. The molecule has 0 spiro atoms. The van der Waals surface area contributed by atoms with Crippen LogP contribution in [0.3, 0.4) is 0 Å². The second-order valence-corrected chi connectivity index (χ2v) is 3.71. The number of aliphatic hydroxyl groups excluding tert-OH is 1. The first kappa shape index (κ1) is 12.5. The van der Waals surface area contributed by atoms with E-state index in [1.165, 1.54) is 6.92 Å². The zero-order valence-corrected chi connectivity index (χ0v) is 9.01. The van der Waals surface area contributed by atoms with Crippen molar-refractivity contribution in [1.29, 1.82) is 0 Å². The second-order valence-electron chi connectivity index (χ2n) is 3.71. The normalized spacial score (nSPS) is 13.9. The average Bonchev–Trinajstić information content (AvgIpc) is 2.28. The van der Waals surface area contributed by atoms with Crippen LogP contribution in [-0.2, 0) is 0 Å². The van der Waals surface area contributed by atoms with Gasteiger partial charge in [-0.15, -0.1) is 0 Å². The van der Waals surface area contributed by atoms with Gasteiger partial charge in [0.25, 0.3) is 0 Å². The first-order valence-electron chi connectivity index (χ1n) is 4.87. The van der Waals surface area contributed by atoms with Crippen molar-refractivity contribution in [2.45, 2.75) is 12.5 Å². The third-order valence-electron chi connectivity index (χ3n) is 1.91. The first-order valence-corrected chi connectivity index (χ1v) is 4.87.